The number of nitrogens with two attached hydrogens (primary N) is 1. The number of H-pyrrole nitrogens is 1. The third kappa shape index (κ3) is 6.03. The number of amides is 1. The van der Waals surface area contributed by atoms with Crippen molar-refractivity contribution in [2.75, 3.05) is 23.4 Å². The molecule has 0 aliphatic rings. The molecule has 0 aromatic carbocycles. The van der Waals surface area contributed by atoms with Crippen molar-refractivity contribution in [2.45, 2.75) is 19.0 Å². The highest BCUT2D eigenvalue weighted by molar-refractivity contribution is 7.99. The third-order valence-corrected chi connectivity index (χ3v) is 4.51. The minimum atomic E-state index is -0.469. The van der Waals surface area contributed by atoms with Gasteiger partial charge >= 0.3 is 5.97 Å². The van der Waals surface area contributed by atoms with Crippen molar-refractivity contribution in [3.63, 3.8) is 0 Å². The largest absolute Gasteiger partial charge is 0.462 e. The number of thioether (sulfide) groups is 1. The van der Waals surface area contributed by atoms with E-state index < -0.39 is 5.97 Å². The van der Waals surface area contributed by atoms with Crippen molar-refractivity contribution < 1.29 is 14.3 Å². The Morgan fingerprint density at radius 3 is 2.80 bits per heavy atom. The van der Waals surface area contributed by atoms with Gasteiger partial charge in [-0.15, -0.1) is 12.4 Å². The Balaban J connectivity index is 0.00000312. The maximum absolute atomic E-state index is 11.9. The van der Waals surface area contributed by atoms with Crippen molar-refractivity contribution in [1.82, 2.24) is 15.0 Å². The Kier molecular flexibility index (Phi) is 7.87. The van der Waals surface area contributed by atoms with Crippen molar-refractivity contribution >= 4 is 58.3 Å². The Hall–Kier alpha value is -2.11. The van der Waals surface area contributed by atoms with E-state index in [9.17, 15) is 14.4 Å². The van der Waals surface area contributed by atoms with Crippen molar-refractivity contribution in [2.24, 2.45) is 0 Å². The molecule has 2 rings (SSSR count). The van der Waals surface area contributed by atoms with Crippen LogP contribution in [0.5, 0.6) is 0 Å². The number of esters is 1. The van der Waals surface area contributed by atoms with Crippen LogP contribution in [0, 0.1) is 6.92 Å². The Bertz CT molecular complexity index is 823. The van der Waals surface area contributed by atoms with Crippen LogP contribution in [0.15, 0.2) is 16.0 Å². The molecule has 4 N–H and O–H groups in total. The molecule has 2 aromatic heterocycles. The highest BCUT2D eigenvalue weighted by atomic mass is 35.5. The van der Waals surface area contributed by atoms with E-state index >= 15 is 0 Å². The van der Waals surface area contributed by atoms with Crippen LogP contribution in [0.4, 0.5) is 10.9 Å². The van der Waals surface area contributed by atoms with Crippen molar-refractivity contribution in [3.8, 4) is 0 Å². The summed E-state index contributed by atoms with van der Waals surface area (Å²) in [6.07, 6.45) is 0. The number of aryl methyl sites for hydroxylation is 1. The van der Waals surface area contributed by atoms with Gasteiger partial charge in [-0.1, -0.05) is 23.1 Å². The van der Waals surface area contributed by atoms with Gasteiger partial charge in [0.2, 0.25) is 5.91 Å². The first-order valence-corrected chi connectivity index (χ1v) is 8.63. The number of carbonyl (C=O) groups is 2. The molecule has 9 nitrogen and oxygen atoms in total. The monoisotopic (exact) mass is 405 g/mol. The number of nitrogens with zero attached hydrogens (tertiary/aromatic N) is 2. The summed E-state index contributed by atoms with van der Waals surface area (Å²) < 4.78 is 4.92. The molecule has 0 saturated heterocycles. The summed E-state index contributed by atoms with van der Waals surface area (Å²) in [5, 5.41) is 3.14. The molecule has 0 radical (unpaired) electrons. The number of aromatic amines is 1. The number of anilines is 2. The zero-order valence-corrected chi connectivity index (χ0v) is 15.8. The highest BCUT2D eigenvalue weighted by Gasteiger charge is 2.17. The van der Waals surface area contributed by atoms with Crippen LogP contribution in [0.3, 0.4) is 0 Å². The van der Waals surface area contributed by atoms with E-state index in [4.69, 9.17) is 10.5 Å². The number of thiazole rings is 1. The molecule has 0 saturated carbocycles. The van der Waals surface area contributed by atoms with E-state index in [0.29, 0.717) is 15.7 Å². The lowest BCUT2D eigenvalue weighted by Crippen LogP contribution is -2.15. The van der Waals surface area contributed by atoms with E-state index in [1.807, 2.05) is 0 Å². The molecule has 2 heterocycles. The van der Waals surface area contributed by atoms with E-state index in [2.05, 4.69) is 20.3 Å². The van der Waals surface area contributed by atoms with E-state index in [1.165, 1.54) is 0 Å². The maximum atomic E-state index is 11.9. The van der Waals surface area contributed by atoms with Gasteiger partial charge in [-0.25, -0.2) is 14.8 Å². The third-order valence-electron chi connectivity index (χ3n) is 2.58. The van der Waals surface area contributed by atoms with Crippen LogP contribution in [-0.4, -0.2) is 39.2 Å². The number of nitrogen functional groups attached to an aromatic ring is 1. The molecule has 0 bridgehead atoms. The average molecular weight is 406 g/mol. The van der Waals surface area contributed by atoms with Crippen LogP contribution in [0.25, 0.3) is 0 Å². The molecule has 0 fully saturated rings. The van der Waals surface area contributed by atoms with E-state index in [-0.39, 0.29) is 47.2 Å². The number of aromatic nitrogens is 3. The fourth-order valence-electron chi connectivity index (χ4n) is 1.65. The minimum Gasteiger partial charge on any atom is -0.462 e. The smallest absolute Gasteiger partial charge is 0.350 e. The molecule has 2 aromatic rings. The number of hydrogen-bond donors (Lipinski definition) is 3. The Labute approximate surface area is 157 Å². The molecule has 136 valence electrons. The minimum absolute atomic E-state index is 0. The fraction of sp³-hybridized carbons (Fsp3) is 0.308. The van der Waals surface area contributed by atoms with Crippen molar-refractivity contribution in [1.29, 1.82) is 0 Å². The second-order valence-electron chi connectivity index (χ2n) is 4.47. The van der Waals surface area contributed by atoms with E-state index in [1.54, 1.807) is 13.8 Å². The summed E-state index contributed by atoms with van der Waals surface area (Å²) in [4.78, 5) is 45.8. The van der Waals surface area contributed by atoms with Gasteiger partial charge in [0.25, 0.3) is 5.56 Å². The predicted octanol–water partition coefficient (Wildman–Crippen LogP) is 1.45. The lowest BCUT2D eigenvalue weighted by atomic mass is 10.4. The van der Waals surface area contributed by atoms with Gasteiger partial charge in [0.05, 0.1) is 18.1 Å². The van der Waals surface area contributed by atoms with Gasteiger partial charge in [-0.2, -0.15) is 0 Å². The first kappa shape index (κ1) is 20.9. The van der Waals surface area contributed by atoms with Gasteiger partial charge in [0.1, 0.15) is 10.7 Å². The van der Waals surface area contributed by atoms with Crippen LogP contribution in [0.1, 0.15) is 22.3 Å². The van der Waals surface area contributed by atoms with Gasteiger partial charge in [0, 0.05) is 6.07 Å². The van der Waals surface area contributed by atoms with Crippen LogP contribution < -0.4 is 16.6 Å². The number of ether oxygens (including phenoxy) is 1. The normalized spacial score (nSPS) is 10.0. The summed E-state index contributed by atoms with van der Waals surface area (Å²) in [5.74, 6) is -0.742. The molecule has 0 aliphatic carbocycles. The van der Waals surface area contributed by atoms with Crippen LogP contribution >= 0.6 is 35.5 Å². The molecule has 0 unspecified atom stereocenters. The van der Waals surface area contributed by atoms with Gasteiger partial charge in [-0.05, 0) is 13.8 Å². The molecular weight excluding hydrogens is 390 g/mol. The van der Waals surface area contributed by atoms with Gasteiger partial charge in [0.15, 0.2) is 10.3 Å². The van der Waals surface area contributed by atoms with Crippen molar-refractivity contribution in [3.05, 3.63) is 27.0 Å². The first-order valence-electron chi connectivity index (χ1n) is 6.83. The summed E-state index contributed by atoms with van der Waals surface area (Å²) >= 11 is 2.07. The number of rotatable bonds is 6. The number of hydrogen-bond acceptors (Lipinski definition) is 9. The van der Waals surface area contributed by atoms with Gasteiger partial charge < -0.3 is 20.8 Å². The molecule has 12 heteroatoms. The Morgan fingerprint density at radius 2 is 2.16 bits per heavy atom. The second kappa shape index (κ2) is 9.39. The number of halogens is 1. The van der Waals surface area contributed by atoms with Crippen LogP contribution in [-0.2, 0) is 9.53 Å². The highest BCUT2D eigenvalue weighted by Crippen LogP contribution is 2.23. The van der Waals surface area contributed by atoms with E-state index in [0.717, 1.165) is 29.2 Å². The second-order valence-corrected chi connectivity index (χ2v) is 6.43. The standard InChI is InChI=1S/C13H15N5O4S2.ClH/c1-3-22-11(21)10-6(2)15-13(24-10)18-9(20)5-23-12-16-7(14)4-8(19)17-12;/h4H,3,5H2,1-2H3,(H,15,18,20)(H3,14,16,17,19);1H. The topological polar surface area (TPSA) is 140 Å². The molecule has 0 atom stereocenters. The zero-order chi connectivity index (χ0) is 17.7. The molecule has 0 spiro atoms. The summed E-state index contributed by atoms with van der Waals surface area (Å²) in [7, 11) is 0. The summed E-state index contributed by atoms with van der Waals surface area (Å²) in [6.45, 7) is 3.64. The Morgan fingerprint density at radius 1 is 1.44 bits per heavy atom. The molecule has 25 heavy (non-hydrogen) atoms. The molecule has 0 aliphatic heterocycles. The zero-order valence-electron chi connectivity index (χ0n) is 13.3. The fourth-order valence-corrected chi connectivity index (χ4v) is 3.21. The lowest BCUT2D eigenvalue weighted by molar-refractivity contribution is -0.113. The maximum Gasteiger partial charge on any atom is 0.350 e. The molecule has 1 amide bonds. The SMILES string of the molecule is CCOC(=O)c1sc(NC(=O)CSc2nc(N)cc(=O)[nH]2)nc1C.Cl. The average Bonchev–Trinajstić information content (AvgIpc) is 2.85. The first-order chi connectivity index (χ1) is 11.4. The van der Waals surface area contributed by atoms with Gasteiger partial charge in [-0.3, -0.25) is 9.59 Å². The number of carbonyl (C=O) groups excluding carboxylic acids is 2. The summed E-state index contributed by atoms with van der Waals surface area (Å²) in [6, 6.07) is 1.15. The quantitative estimate of drug-likeness (QED) is 0.372. The number of nitrogens with one attached hydrogen (secondary N) is 2. The van der Waals surface area contributed by atoms with Crippen LogP contribution in [0.2, 0.25) is 0 Å². The summed E-state index contributed by atoms with van der Waals surface area (Å²) in [5.41, 5.74) is 5.56. The molecular formula is C13H16ClN5O4S2. The lowest BCUT2D eigenvalue weighted by Gasteiger charge is -2.02. The predicted molar refractivity (Wildman–Crippen MR) is 98.7 cm³/mol.